The first-order valence-corrected chi connectivity index (χ1v) is 3.63. The van der Waals surface area contributed by atoms with Crippen LogP contribution in [0.4, 0.5) is 0 Å². The van der Waals surface area contributed by atoms with Crippen molar-refractivity contribution in [2.24, 2.45) is 0 Å². The molecule has 0 aromatic heterocycles. The number of hydrogen-bond donors (Lipinski definition) is 2. The van der Waals surface area contributed by atoms with Gasteiger partial charge in [0.2, 0.25) is 0 Å². The molecular formula is C7H17NO4. The largest absolute Gasteiger partial charge is 0.554 e. The molecule has 0 saturated heterocycles. The van der Waals surface area contributed by atoms with Crippen LogP contribution in [-0.4, -0.2) is 61.6 Å². The van der Waals surface area contributed by atoms with Gasteiger partial charge in [-0.15, -0.1) is 0 Å². The molecule has 12 heavy (non-hydrogen) atoms. The summed E-state index contributed by atoms with van der Waals surface area (Å²) in [7, 11) is 3.96. The van der Waals surface area contributed by atoms with Gasteiger partial charge in [-0.25, -0.2) is 0 Å². The normalized spacial score (nSPS) is 10.0. The number of aliphatic hydroxyl groups is 2. The Kier molecular flexibility index (Phi) is 9.79. The van der Waals surface area contributed by atoms with Gasteiger partial charge < -0.3 is 24.6 Å². The lowest BCUT2D eigenvalue weighted by Crippen LogP contribution is -2.43. The summed E-state index contributed by atoms with van der Waals surface area (Å²) in [6.07, 6.45) is 0. The standard InChI is InChI=1S/C6H16NO2.CH2O2/c1-7(2,3-5-8)4-6-9;2-1-3/h8-9H,3-6H2,1-2H3;1H,(H,2,3)/q+1;/p-1. The number of carbonyl (C=O) groups excluding carboxylic acids is 1. The first-order valence-electron chi connectivity index (χ1n) is 3.63. The van der Waals surface area contributed by atoms with Crippen molar-refractivity contribution in [1.82, 2.24) is 0 Å². The summed E-state index contributed by atoms with van der Waals surface area (Å²) in [5.41, 5.74) is 0. The van der Waals surface area contributed by atoms with E-state index in [1.54, 1.807) is 0 Å². The molecule has 0 aromatic carbocycles. The highest BCUT2D eigenvalue weighted by Gasteiger charge is 2.11. The number of likely N-dealkylation sites (N-methyl/N-ethyl adjacent to an activating group) is 1. The number of quaternary nitrogens is 1. The summed E-state index contributed by atoms with van der Waals surface area (Å²) in [5.74, 6) is 0. The summed E-state index contributed by atoms with van der Waals surface area (Å²) in [6, 6.07) is 0. The highest BCUT2D eigenvalue weighted by atomic mass is 16.3. The summed E-state index contributed by atoms with van der Waals surface area (Å²) in [5, 5.41) is 25.3. The van der Waals surface area contributed by atoms with Crippen LogP contribution in [0.2, 0.25) is 0 Å². The van der Waals surface area contributed by atoms with E-state index in [0.29, 0.717) is 17.6 Å². The Bertz CT molecular complexity index is 97.6. The summed E-state index contributed by atoms with van der Waals surface area (Å²) in [4.78, 5) is 8.25. The molecule has 5 heteroatoms. The Morgan fingerprint density at radius 3 is 1.67 bits per heavy atom. The average Bonchev–Trinajstić information content (AvgIpc) is 1.88. The number of carbonyl (C=O) groups is 1. The molecule has 2 N–H and O–H groups in total. The van der Waals surface area contributed by atoms with Crippen LogP contribution in [0.15, 0.2) is 0 Å². The van der Waals surface area contributed by atoms with Crippen molar-refractivity contribution in [3.8, 4) is 0 Å². The zero-order valence-electron chi connectivity index (χ0n) is 7.56. The molecule has 0 saturated carbocycles. The minimum atomic E-state index is -0.500. The molecule has 0 spiro atoms. The lowest BCUT2D eigenvalue weighted by atomic mass is 10.4. The van der Waals surface area contributed by atoms with E-state index in [9.17, 15) is 0 Å². The van der Waals surface area contributed by atoms with Gasteiger partial charge in [0.25, 0.3) is 0 Å². The average molecular weight is 179 g/mol. The van der Waals surface area contributed by atoms with Crippen LogP contribution in [-0.2, 0) is 4.79 Å². The number of nitrogens with zero attached hydrogens (tertiary/aromatic N) is 1. The summed E-state index contributed by atoms with van der Waals surface area (Å²) >= 11 is 0. The van der Waals surface area contributed by atoms with Gasteiger partial charge in [-0.1, -0.05) is 0 Å². The predicted molar refractivity (Wildman–Crippen MR) is 42.1 cm³/mol. The number of aliphatic hydroxyl groups excluding tert-OH is 2. The molecule has 0 aliphatic heterocycles. The molecule has 0 amide bonds. The Hall–Kier alpha value is -0.650. The third-order valence-corrected chi connectivity index (χ3v) is 1.41. The highest BCUT2D eigenvalue weighted by molar-refractivity contribution is 5.29. The fourth-order valence-electron chi connectivity index (χ4n) is 0.653. The molecule has 0 rings (SSSR count). The maximum Gasteiger partial charge on any atom is 0.102 e. The van der Waals surface area contributed by atoms with E-state index in [0.717, 1.165) is 0 Å². The third-order valence-electron chi connectivity index (χ3n) is 1.41. The van der Waals surface area contributed by atoms with E-state index in [1.165, 1.54) is 0 Å². The van der Waals surface area contributed by atoms with Crippen LogP contribution in [0.1, 0.15) is 0 Å². The molecule has 0 bridgehead atoms. The van der Waals surface area contributed by atoms with E-state index in [4.69, 9.17) is 20.1 Å². The first kappa shape index (κ1) is 13.9. The predicted octanol–water partition coefficient (Wildman–Crippen LogP) is -2.59. The molecule has 0 aliphatic rings. The Morgan fingerprint density at radius 2 is 1.50 bits per heavy atom. The molecule has 74 valence electrons. The van der Waals surface area contributed by atoms with Gasteiger partial charge in [0, 0.05) is 6.47 Å². The van der Waals surface area contributed by atoms with Crippen molar-refractivity contribution in [2.45, 2.75) is 0 Å². The molecule has 0 aromatic rings. The monoisotopic (exact) mass is 179 g/mol. The Balaban J connectivity index is 0. The van der Waals surface area contributed by atoms with Gasteiger partial charge >= 0.3 is 0 Å². The topological polar surface area (TPSA) is 80.6 Å². The van der Waals surface area contributed by atoms with Gasteiger partial charge in [-0.2, -0.15) is 0 Å². The van der Waals surface area contributed by atoms with Gasteiger partial charge in [0.05, 0.1) is 27.3 Å². The van der Waals surface area contributed by atoms with Gasteiger partial charge in [0.15, 0.2) is 0 Å². The SMILES string of the molecule is C[N+](C)(CCO)CCO.O=C[O-]. The van der Waals surface area contributed by atoms with Crippen LogP contribution < -0.4 is 5.11 Å². The van der Waals surface area contributed by atoms with Crippen LogP contribution >= 0.6 is 0 Å². The summed E-state index contributed by atoms with van der Waals surface area (Å²) in [6.45, 7) is 1.29. The van der Waals surface area contributed by atoms with Crippen molar-refractivity contribution >= 4 is 6.47 Å². The van der Waals surface area contributed by atoms with E-state index in [-0.39, 0.29) is 13.2 Å². The lowest BCUT2D eigenvalue weighted by molar-refractivity contribution is -0.890. The molecule has 0 radical (unpaired) electrons. The second-order valence-corrected chi connectivity index (χ2v) is 2.93. The van der Waals surface area contributed by atoms with E-state index in [1.807, 2.05) is 14.1 Å². The highest BCUT2D eigenvalue weighted by Crippen LogP contribution is 1.92. The molecule has 0 atom stereocenters. The molecule has 0 unspecified atom stereocenters. The number of rotatable bonds is 4. The summed E-state index contributed by atoms with van der Waals surface area (Å²) < 4.78 is 0.688. The lowest BCUT2D eigenvalue weighted by Gasteiger charge is -2.27. The van der Waals surface area contributed by atoms with Crippen molar-refractivity contribution in [1.29, 1.82) is 0 Å². The van der Waals surface area contributed by atoms with Crippen molar-refractivity contribution < 1.29 is 24.6 Å². The number of carboxylic acid groups (broad SMARTS) is 1. The fourth-order valence-corrected chi connectivity index (χ4v) is 0.653. The quantitative estimate of drug-likeness (QED) is 0.367. The van der Waals surface area contributed by atoms with Gasteiger partial charge in [0.1, 0.15) is 13.1 Å². The van der Waals surface area contributed by atoms with Crippen LogP contribution in [0.25, 0.3) is 0 Å². The van der Waals surface area contributed by atoms with Crippen LogP contribution in [0, 0.1) is 0 Å². The first-order chi connectivity index (χ1) is 5.54. The Labute approximate surface area is 72.4 Å². The minimum Gasteiger partial charge on any atom is -0.554 e. The van der Waals surface area contributed by atoms with E-state index in [2.05, 4.69) is 0 Å². The molecular weight excluding hydrogens is 162 g/mol. The zero-order valence-corrected chi connectivity index (χ0v) is 7.56. The van der Waals surface area contributed by atoms with Crippen molar-refractivity contribution in [3.05, 3.63) is 0 Å². The van der Waals surface area contributed by atoms with Crippen LogP contribution in [0.5, 0.6) is 0 Å². The molecule has 0 fully saturated rings. The smallest absolute Gasteiger partial charge is 0.102 e. The Morgan fingerprint density at radius 1 is 1.25 bits per heavy atom. The molecule has 0 heterocycles. The van der Waals surface area contributed by atoms with Crippen molar-refractivity contribution in [3.63, 3.8) is 0 Å². The van der Waals surface area contributed by atoms with Gasteiger partial charge in [-0.3, -0.25) is 0 Å². The second kappa shape index (κ2) is 8.45. The maximum atomic E-state index is 8.53. The van der Waals surface area contributed by atoms with Crippen LogP contribution in [0.3, 0.4) is 0 Å². The maximum absolute atomic E-state index is 8.53. The van der Waals surface area contributed by atoms with E-state index >= 15 is 0 Å². The molecule has 5 nitrogen and oxygen atoms in total. The van der Waals surface area contributed by atoms with Gasteiger partial charge in [-0.05, 0) is 0 Å². The zero-order chi connectivity index (χ0) is 10.0. The van der Waals surface area contributed by atoms with E-state index < -0.39 is 6.47 Å². The minimum absolute atomic E-state index is 0.188. The second-order valence-electron chi connectivity index (χ2n) is 2.93. The van der Waals surface area contributed by atoms with Crippen molar-refractivity contribution in [2.75, 3.05) is 40.4 Å². The number of hydrogen-bond acceptors (Lipinski definition) is 4. The fraction of sp³-hybridized carbons (Fsp3) is 0.857. The molecule has 0 aliphatic carbocycles. The third kappa shape index (κ3) is 12.1.